The van der Waals surface area contributed by atoms with Crippen LogP contribution in [0.15, 0.2) is 54.6 Å². The molecule has 1 amide bonds. The van der Waals surface area contributed by atoms with Crippen LogP contribution < -0.4 is 4.74 Å². The molecule has 6 heteroatoms. The number of rotatable bonds is 4. The van der Waals surface area contributed by atoms with Crippen molar-refractivity contribution in [2.75, 3.05) is 7.11 Å². The Labute approximate surface area is 150 Å². The van der Waals surface area contributed by atoms with E-state index in [4.69, 9.17) is 9.57 Å². The van der Waals surface area contributed by atoms with Crippen LogP contribution in [-0.4, -0.2) is 28.6 Å². The van der Waals surface area contributed by atoms with Crippen molar-refractivity contribution in [2.24, 2.45) is 0 Å². The van der Waals surface area contributed by atoms with Gasteiger partial charge in [-0.05, 0) is 36.8 Å². The highest BCUT2D eigenvalue weighted by Gasteiger charge is 2.40. The molecular weight excluding hydrogens is 332 g/mol. The molecule has 0 radical (unpaired) electrons. The average molecular weight is 350 g/mol. The number of nitrogens with zero attached hydrogens (tertiary/aromatic N) is 2. The van der Waals surface area contributed by atoms with E-state index in [0.717, 1.165) is 16.5 Å². The minimum absolute atomic E-state index is 0.0147. The van der Waals surface area contributed by atoms with Crippen molar-refractivity contribution in [1.29, 1.82) is 0 Å². The molecule has 1 atom stereocenters. The molecule has 0 aliphatic carbocycles. The van der Waals surface area contributed by atoms with Gasteiger partial charge in [0.25, 0.3) is 5.91 Å². The predicted octanol–water partition coefficient (Wildman–Crippen LogP) is 3.46. The van der Waals surface area contributed by atoms with E-state index in [1.165, 1.54) is 12.2 Å². The summed E-state index contributed by atoms with van der Waals surface area (Å²) in [7, 11) is 1.42. The highest BCUT2D eigenvalue weighted by atomic mass is 16.7. The number of carbonyl (C=O) groups excluding carboxylic acids is 2. The maximum Gasteiger partial charge on any atom is 0.315 e. The number of hydroxylamine groups is 2. The molecule has 0 saturated heterocycles. The number of ether oxygens (including phenoxy) is 1. The van der Waals surface area contributed by atoms with Gasteiger partial charge in [-0.25, -0.2) is 0 Å². The summed E-state index contributed by atoms with van der Waals surface area (Å²) in [6.07, 6.45) is -0.598. The number of hydrogen-bond acceptors (Lipinski definition) is 4. The third-order valence-corrected chi connectivity index (χ3v) is 4.50. The number of esters is 1. The van der Waals surface area contributed by atoms with Crippen LogP contribution in [0, 0.1) is 6.92 Å². The van der Waals surface area contributed by atoms with E-state index in [1.54, 1.807) is 12.1 Å². The van der Waals surface area contributed by atoms with E-state index in [2.05, 4.69) is 0 Å². The number of amides is 1. The molecular formula is C20H18N2O4. The Morgan fingerprint density at radius 2 is 1.92 bits per heavy atom. The number of aromatic nitrogens is 1. The second-order valence-electron chi connectivity index (χ2n) is 6.25. The van der Waals surface area contributed by atoms with Crippen LogP contribution in [0.1, 0.15) is 28.6 Å². The first kappa shape index (κ1) is 16.4. The van der Waals surface area contributed by atoms with Crippen molar-refractivity contribution in [2.45, 2.75) is 19.5 Å². The Hall–Kier alpha value is -3.12. The number of hydrogen-bond donors (Lipinski definition) is 0. The fourth-order valence-electron chi connectivity index (χ4n) is 3.39. The van der Waals surface area contributed by atoms with Gasteiger partial charge in [-0.2, -0.15) is 5.06 Å². The molecule has 1 aromatic heterocycles. The van der Waals surface area contributed by atoms with E-state index < -0.39 is 12.1 Å². The fourth-order valence-corrected chi connectivity index (χ4v) is 3.39. The van der Waals surface area contributed by atoms with Gasteiger partial charge in [0.05, 0.1) is 19.0 Å². The third kappa shape index (κ3) is 2.64. The van der Waals surface area contributed by atoms with Crippen molar-refractivity contribution in [3.8, 4) is 5.75 Å². The van der Waals surface area contributed by atoms with Gasteiger partial charge in [0.15, 0.2) is 0 Å². The summed E-state index contributed by atoms with van der Waals surface area (Å²) in [6.45, 7) is 1.93. The van der Waals surface area contributed by atoms with Gasteiger partial charge in [-0.3, -0.25) is 14.4 Å². The SMILES string of the molecule is CON1C(=O)c2cc3ccccc3n2C1CC(=O)Oc1cccc(C)c1. The minimum Gasteiger partial charge on any atom is -0.426 e. The molecule has 6 nitrogen and oxygen atoms in total. The predicted molar refractivity (Wildman–Crippen MR) is 95.6 cm³/mol. The molecule has 4 rings (SSSR count). The second-order valence-corrected chi connectivity index (χ2v) is 6.25. The van der Waals surface area contributed by atoms with Crippen molar-refractivity contribution in [3.63, 3.8) is 0 Å². The molecule has 0 saturated carbocycles. The molecule has 132 valence electrons. The van der Waals surface area contributed by atoms with Crippen molar-refractivity contribution in [1.82, 2.24) is 9.63 Å². The summed E-state index contributed by atoms with van der Waals surface area (Å²) in [4.78, 5) is 30.4. The van der Waals surface area contributed by atoms with Gasteiger partial charge < -0.3 is 9.30 Å². The first-order valence-corrected chi connectivity index (χ1v) is 8.33. The highest BCUT2D eigenvalue weighted by Crippen LogP contribution is 2.35. The lowest BCUT2D eigenvalue weighted by molar-refractivity contribution is -0.151. The molecule has 1 unspecified atom stereocenters. The lowest BCUT2D eigenvalue weighted by Gasteiger charge is -2.23. The van der Waals surface area contributed by atoms with Crippen molar-refractivity contribution >= 4 is 22.8 Å². The van der Waals surface area contributed by atoms with E-state index in [0.29, 0.717) is 11.4 Å². The van der Waals surface area contributed by atoms with Gasteiger partial charge in [0, 0.05) is 5.39 Å². The Balaban J connectivity index is 1.65. The van der Waals surface area contributed by atoms with Crippen LogP contribution in [0.25, 0.3) is 10.9 Å². The first-order valence-electron chi connectivity index (χ1n) is 8.33. The van der Waals surface area contributed by atoms with Gasteiger partial charge in [0.2, 0.25) is 0 Å². The molecule has 0 spiro atoms. The Kier molecular flexibility index (Phi) is 3.97. The molecule has 0 bridgehead atoms. The van der Waals surface area contributed by atoms with Gasteiger partial charge >= 0.3 is 5.97 Å². The Morgan fingerprint density at radius 1 is 1.12 bits per heavy atom. The fraction of sp³-hybridized carbons (Fsp3) is 0.200. The number of para-hydroxylation sites is 1. The van der Waals surface area contributed by atoms with E-state index >= 15 is 0 Å². The van der Waals surface area contributed by atoms with E-state index in [1.807, 2.05) is 54.0 Å². The second kappa shape index (κ2) is 6.31. The topological polar surface area (TPSA) is 60.8 Å². The van der Waals surface area contributed by atoms with E-state index in [9.17, 15) is 9.59 Å². The van der Waals surface area contributed by atoms with E-state index in [-0.39, 0.29) is 12.3 Å². The lowest BCUT2D eigenvalue weighted by Crippen LogP contribution is -2.31. The summed E-state index contributed by atoms with van der Waals surface area (Å²) in [6, 6.07) is 16.8. The quantitative estimate of drug-likeness (QED) is 0.534. The van der Waals surface area contributed by atoms with Gasteiger partial charge in [0.1, 0.15) is 17.6 Å². The molecule has 1 aliphatic rings. The normalized spacial score (nSPS) is 16.2. The smallest absolute Gasteiger partial charge is 0.315 e. The number of carbonyl (C=O) groups is 2. The standard InChI is InChI=1S/C20H18N2O4/c1-13-6-5-8-15(10-13)26-19(23)12-18-21-16-9-4-3-7-14(16)11-17(21)20(24)22(18)25-2/h3-11,18H,12H2,1-2H3. The number of fused-ring (bicyclic) bond motifs is 3. The summed E-state index contributed by atoms with van der Waals surface area (Å²) in [5, 5.41) is 2.17. The molecule has 26 heavy (non-hydrogen) atoms. The average Bonchev–Trinajstić information content (AvgIpc) is 3.11. The van der Waals surface area contributed by atoms with Crippen molar-refractivity contribution < 1.29 is 19.2 Å². The largest absolute Gasteiger partial charge is 0.426 e. The summed E-state index contributed by atoms with van der Waals surface area (Å²) >= 11 is 0. The molecule has 3 aromatic rings. The zero-order chi connectivity index (χ0) is 18.3. The van der Waals surface area contributed by atoms with Gasteiger partial charge in [-0.15, -0.1) is 0 Å². The molecule has 1 aliphatic heterocycles. The van der Waals surface area contributed by atoms with Crippen LogP contribution in [0.3, 0.4) is 0 Å². The van der Waals surface area contributed by atoms with Crippen molar-refractivity contribution in [3.05, 3.63) is 65.9 Å². The zero-order valence-corrected chi connectivity index (χ0v) is 14.5. The van der Waals surface area contributed by atoms with Crippen LogP contribution in [0.2, 0.25) is 0 Å². The first-order chi connectivity index (χ1) is 12.6. The Morgan fingerprint density at radius 3 is 2.69 bits per heavy atom. The summed E-state index contributed by atoms with van der Waals surface area (Å²) < 4.78 is 7.28. The molecule has 0 fully saturated rings. The third-order valence-electron chi connectivity index (χ3n) is 4.50. The Bertz CT molecular complexity index is 1010. The minimum atomic E-state index is -0.584. The molecule has 0 N–H and O–H groups in total. The summed E-state index contributed by atoms with van der Waals surface area (Å²) in [5.74, 6) is -0.209. The highest BCUT2D eigenvalue weighted by molar-refractivity contribution is 6.01. The maximum atomic E-state index is 12.6. The van der Waals surface area contributed by atoms with Crippen LogP contribution >= 0.6 is 0 Å². The molecule has 2 aromatic carbocycles. The monoisotopic (exact) mass is 350 g/mol. The number of benzene rings is 2. The van der Waals surface area contributed by atoms with Crippen LogP contribution in [0.5, 0.6) is 5.75 Å². The van der Waals surface area contributed by atoms with Crippen LogP contribution in [-0.2, 0) is 9.63 Å². The number of aryl methyl sites for hydroxylation is 1. The lowest BCUT2D eigenvalue weighted by atomic mass is 10.2. The molecule has 2 heterocycles. The zero-order valence-electron chi connectivity index (χ0n) is 14.5. The summed E-state index contributed by atoms with van der Waals surface area (Å²) in [5.41, 5.74) is 2.38. The van der Waals surface area contributed by atoms with Crippen LogP contribution in [0.4, 0.5) is 0 Å². The van der Waals surface area contributed by atoms with Gasteiger partial charge in [-0.1, -0.05) is 30.3 Å². The maximum absolute atomic E-state index is 12.6.